The molecule has 1 aromatic carbocycles. The second kappa shape index (κ2) is 5.90. The van der Waals surface area contributed by atoms with Crippen molar-refractivity contribution in [3.05, 3.63) is 33.9 Å². The monoisotopic (exact) mass is 278 g/mol. The van der Waals surface area contributed by atoms with Crippen molar-refractivity contribution < 1.29 is 14.5 Å². The minimum atomic E-state index is -0.389. The minimum absolute atomic E-state index is 0.0328. The summed E-state index contributed by atoms with van der Waals surface area (Å²) in [7, 11) is 1.41. The fourth-order valence-electron chi connectivity index (χ4n) is 2.63. The number of nitro groups is 1. The van der Waals surface area contributed by atoms with E-state index < -0.39 is 0 Å². The fourth-order valence-corrected chi connectivity index (χ4v) is 2.63. The van der Waals surface area contributed by atoms with Crippen molar-refractivity contribution >= 4 is 17.3 Å². The second-order valence-electron chi connectivity index (χ2n) is 5.01. The van der Waals surface area contributed by atoms with E-state index in [9.17, 15) is 14.9 Å². The van der Waals surface area contributed by atoms with Gasteiger partial charge in [-0.25, -0.2) is 0 Å². The number of esters is 1. The maximum absolute atomic E-state index is 11.5. The first kappa shape index (κ1) is 14.3. The van der Waals surface area contributed by atoms with Crippen LogP contribution < -0.4 is 4.90 Å². The highest BCUT2D eigenvalue weighted by atomic mass is 16.6. The number of nitro benzene ring substituents is 1. The van der Waals surface area contributed by atoms with Crippen LogP contribution in [0.2, 0.25) is 0 Å². The quantitative estimate of drug-likeness (QED) is 0.482. The molecule has 1 saturated heterocycles. The number of ether oxygens (including phenoxy) is 1. The summed E-state index contributed by atoms with van der Waals surface area (Å²) in [6, 6.07) is 4.89. The average Bonchev–Trinajstić information content (AvgIpc) is 2.46. The topological polar surface area (TPSA) is 72.7 Å². The molecule has 0 unspecified atom stereocenters. The molecule has 0 atom stereocenters. The number of non-ortho nitro benzene ring substituents is 1. The summed E-state index contributed by atoms with van der Waals surface area (Å²) in [6.45, 7) is 3.39. The maximum atomic E-state index is 11.5. The van der Waals surface area contributed by atoms with E-state index in [2.05, 4.69) is 4.90 Å². The van der Waals surface area contributed by atoms with E-state index in [-0.39, 0.29) is 22.5 Å². The molecule has 0 aliphatic carbocycles. The van der Waals surface area contributed by atoms with E-state index in [1.165, 1.54) is 13.2 Å². The summed E-state index contributed by atoms with van der Waals surface area (Å²) in [5, 5.41) is 10.7. The number of benzene rings is 1. The van der Waals surface area contributed by atoms with Crippen LogP contribution in [-0.2, 0) is 9.53 Å². The lowest BCUT2D eigenvalue weighted by molar-refractivity contribution is -0.384. The SMILES string of the molecule is COC(=O)C1CCN(c2ccc([N+](=O)[O-])cc2C)CC1. The number of rotatable bonds is 3. The van der Waals surface area contributed by atoms with Crippen LogP contribution >= 0.6 is 0 Å². The first-order valence-corrected chi connectivity index (χ1v) is 6.60. The molecule has 20 heavy (non-hydrogen) atoms. The van der Waals surface area contributed by atoms with Gasteiger partial charge >= 0.3 is 5.97 Å². The van der Waals surface area contributed by atoms with Gasteiger partial charge in [-0.15, -0.1) is 0 Å². The van der Waals surface area contributed by atoms with E-state index in [1.807, 2.05) is 6.92 Å². The number of carbonyl (C=O) groups is 1. The Labute approximate surface area is 117 Å². The Hall–Kier alpha value is -2.11. The van der Waals surface area contributed by atoms with E-state index in [4.69, 9.17) is 4.74 Å². The van der Waals surface area contributed by atoms with Gasteiger partial charge in [-0.05, 0) is 31.4 Å². The zero-order valence-electron chi connectivity index (χ0n) is 11.7. The van der Waals surface area contributed by atoms with E-state index in [0.29, 0.717) is 0 Å². The average molecular weight is 278 g/mol. The Bertz CT molecular complexity index is 522. The molecule has 1 heterocycles. The molecule has 0 N–H and O–H groups in total. The molecular formula is C14H18N2O4. The first-order valence-electron chi connectivity index (χ1n) is 6.60. The van der Waals surface area contributed by atoms with E-state index >= 15 is 0 Å². The van der Waals surface area contributed by atoms with Gasteiger partial charge in [0.15, 0.2) is 0 Å². The highest BCUT2D eigenvalue weighted by Gasteiger charge is 2.26. The third kappa shape index (κ3) is 2.89. The molecule has 0 aromatic heterocycles. The van der Waals surface area contributed by atoms with Crippen molar-refractivity contribution in [2.24, 2.45) is 5.92 Å². The van der Waals surface area contributed by atoms with Crippen molar-refractivity contribution in [3.63, 3.8) is 0 Å². The molecule has 6 nitrogen and oxygen atoms in total. The summed E-state index contributed by atoms with van der Waals surface area (Å²) in [4.78, 5) is 24.0. The summed E-state index contributed by atoms with van der Waals surface area (Å²) < 4.78 is 4.76. The van der Waals surface area contributed by atoms with Crippen molar-refractivity contribution in [1.29, 1.82) is 0 Å². The van der Waals surface area contributed by atoms with Gasteiger partial charge in [0.05, 0.1) is 18.0 Å². The largest absolute Gasteiger partial charge is 0.469 e. The third-order valence-corrected chi connectivity index (χ3v) is 3.76. The Balaban J connectivity index is 2.07. The molecule has 0 amide bonds. The molecule has 0 radical (unpaired) electrons. The predicted molar refractivity (Wildman–Crippen MR) is 74.8 cm³/mol. The highest BCUT2D eigenvalue weighted by Crippen LogP contribution is 2.29. The molecule has 6 heteroatoms. The lowest BCUT2D eigenvalue weighted by atomic mass is 9.96. The standard InChI is InChI=1S/C14H18N2O4/c1-10-9-12(16(18)19)3-4-13(10)15-7-5-11(6-8-15)14(17)20-2/h3-4,9,11H,5-8H2,1-2H3. The molecule has 1 aromatic rings. The molecule has 2 rings (SSSR count). The number of nitrogens with zero attached hydrogens (tertiary/aromatic N) is 2. The van der Waals surface area contributed by atoms with E-state index in [1.54, 1.807) is 12.1 Å². The normalized spacial score (nSPS) is 16.0. The molecule has 0 bridgehead atoms. The van der Waals surface area contributed by atoms with Gasteiger partial charge in [0.1, 0.15) is 0 Å². The van der Waals surface area contributed by atoms with Gasteiger partial charge in [-0.3, -0.25) is 14.9 Å². The van der Waals surface area contributed by atoms with Crippen LogP contribution in [0.5, 0.6) is 0 Å². The Morgan fingerprint density at radius 3 is 2.55 bits per heavy atom. The Morgan fingerprint density at radius 1 is 1.40 bits per heavy atom. The number of methoxy groups -OCH3 is 1. The number of aryl methyl sites for hydroxylation is 1. The summed E-state index contributed by atoms with van der Waals surface area (Å²) in [5.74, 6) is -0.181. The number of anilines is 1. The van der Waals surface area contributed by atoms with Crippen LogP contribution in [0.3, 0.4) is 0 Å². The van der Waals surface area contributed by atoms with Gasteiger partial charge in [0.25, 0.3) is 5.69 Å². The smallest absolute Gasteiger partial charge is 0.308 e. The fraction of sp³-hybridized carbons (Fsp3) is 0.500. The molecular weight excluding hydrogens is 260 g/mol. The Morgan fingerprint density at radius 2 is 2.05 bits per heavy atom. The maximum Gasteiger partial charge on any atom is 0.308 e. The van der Waals surface area contributed by atoms with Crippen molar-refractivity contribution in [3.8, 4) is 0 Å². The van der Waals surface area contributed by atoms with Crippen LogP contribution in [-0.4, -0.2) is 31.1 Å². The molecule has 1 aliphatic rings. The number of hydrogen-bond donors (Lipinski definition) is 0. The lowest BCUT2D eigenvalue weighted by Gasteiger charge is -2.33. The van der Waals surface area contributed by atoms with Gasteiger partial charge in [-0.2, -0.15) is 0 Å². The summed E-state index contributed by atoms with van der Waals surface area (Å²) in [6.07, 6.45) is 1.51. The second-order valence-corrected chi connectivity index (χ2v) is 5.01. The first-order chi connectivity index (χ1) is 9.52. The minimum Gasteiger partial charge on any atom is -0.469 e. The van der Waals surface area contributed by atoms with Crippen LogP contribution in [0, 0.1) is 23.0 Å². The van der Waals surface area contributed by atoms with Gasteiger partial charge in [-0.1, -0.05) is 0 Å². The zero-order chi connectivity index (χ0) is 14.7. The zero-order valence-corrected chi connectivity index (χ0v) is 11.7. The van der Waals surface area contributed by atoms with Crippen molar-refractivity contribution in [2.45, 2.75) is 19.8 Å². The van der Waals surface area contributed by atoms with Crippen LogP contribution in [0.1, 0.15) is 18.4 Å². The van der Waals surface area contributed by atoms with Crippen LogP contribution in [0.4, 0.5) is 11.4 Å². The third-order valence-electron chi connectivity index (χ3n) is 3.76. The molecule has 0 saturated carbocycles. The van der Waals surface area contributed by atoms with Crippen LogP contribution in [0.25, 0.3) is 0 Å². The number of piperidine rings is 1. The summed E-state index contributed by atoms with van der Waals surface area (Å²) in [5.41, 5.74) is 1.99. The number of hydrogen-bond acceptors (Lipinski definition) is 5. The molecule has 1 fully saturated rings. The van der Waals surface area contributed by atoms with Crippen molar-refractivity contribution in [1.82, 2.24) is 0 Å². The van der Waals surface area contributed by atoms with Gasteiger partial charge in [0.2, 0.25) is 0 Å². The molecule has 108 valence electrons. The van der Waals surface area contributed by atoms with Gasteiger partial charge < -0.3 is 9.64 Å². The highest BCUT2D eigenvalue weighted by molar-refractivity contribution is 5.72. The lowest BCUT2D eigenvalue weighted by Crippen LogP contribution is -2.37. The molecule has 1 aliphatic heterocycles. The number of carbonyl (C=O) groups excluding carboxylic acids is 1. The molecule has 0 spiro atoms. The predicted octanol–water partition coefficient (Wildman–Crippen LogP) is 2.29. The summed E-state index contributed by atoms with van der Waals surface area (Å²) >= 11 is 0. The Kier molecular flexibility index (Phi) is 4.22. The van der Waals surface area contributed by atoms with E-state index in [0.717, 1.165) is 37.2 Å². The van der Waals surface area contributed by atoms with Crippen molar-refractivity contribution in [2.75, 3.05) is 25.1 Å². The van der Waals surface area contributed by atoms with Crippen LogP contribution in [0.15, 0.2) is 18.2 Å². The van der Waals surface area contributed by atoms with Gasteiger partial charge in [0, 0.05) is 30.9 Å².